The number of carbonyl (C=O) groups is 2. The van der Waals surface area contributed by atoms with E-state index in [1.807, 2.05) is 0 Å². The molecule has 4 N–H and O–H groups in total. The van der Waals surface area contributed by atoms with E-state index in [1.165, 1.54) is 0 Å². The first kappa shape index (κ1) is 14.2. The molecule has 1 amide bonds. The molecule has 2 aliphatic heterocycles. The van der Waals surface area contributed by atoms with Gasteiger partial charge in [-0.1, -0.05) is 0 Å². The Morgan fingerprint density at radius 2 is 2.05 bits per heavy atom. The summed E-state index contributed by atoms with van der Waals surface area (Å²) in [6.45, 7) is 1.32. The Labute approximate surface area is 111 Å². The maximum Gasteiger partial charge on any atom is 0.311 e. The molecule has 0 aromatic rings. The summed E-state index contributed by atoms with van der Waals surface area (Å²) in [5.41, 5.74) is -0.925. The lowest BCUT2D eigenvalue weighted by molar-refractivity contribution is -0.154. The van der Waals surface area contributed by atoms with Gasteiger partial charge < -0.3 is 25.6 Å². The quantitative estimate of drug-likeness (QED) is 0.507. The first-order valence-electron chi connectivity index (χ1n) is 6.54. The van der Waals surface area contributed by atoms with Crippen molar-refractivity contribution in [3.8, 4) is 0 Å². The van der Waals surface area contributed by atoms with Crippen molar-refractivity contribution in [3.05, 3.63) is 0 Å². The Balaban J connectivity index is 1.88. The zero-order valence-corrected chi connectivity index (χ0v) is 10.7. The number of nitrogens with one attached hydrogen (secondary N) is 2. The van der Waals surface area contributed by atoms with Crippen molar-refractivity contribution in [2.24, 2.45) is 5.41 Å². The van der Waals surface area contributed by atoms with Crippen LogP contribution in [0.3, 0.4) is 0 Å². The summed E-state index contributed by atoms with van der Waals surface area (Å²) in [7, 11) is 0. The summed E-state index contributed by atoms with van der Waals surface area (Å²) in [6.07, 6.45) is 0.675. The maximum absolute atomic E-state index is 11.9. The molecule has 0 aromatic heterocycles. The highest BCUT2D eigenvalue weighted by Gasteiger charge is 2.41. The second-order valence-electron chi connectivity index (χ2n) is 5.27. The topological polar surface area (TPSA) is 108 Å². The van der Waals surface area contributed by atoms with Gasteiger partial charge in [-0.3, -0.25) is 9.59 Å². The number of rotatable bonds is 4. The van der Waals surface area contributed by atoms with Gasteiger partial charge in [-0.2, -0.15) is 0 Å². The fourth-order valence-corrected chi connectivity index (χ4v) is 2.52. The van der Waals surface area contributed by atoms with Crippen molar-refractivity contribution >= 4 is 11.9 Å². The maximum atomic E-state index is 11.9. The number of carboxylic acid groups (broad SMARTS) is 1. The third-order valence-corrected chi connectivity index (χ3v) is 3.93. The fourth-order valence-electron chi connectivity index (χ4n) is 2.52. The fraction of sp³-hybridized carbons (Fsp3) is 0.833. The number of amides is 1. The van der Waals surface area contributed by atoms with E-state index in [2.05, 4.69) is 10.6 Å². The SMILES string of the molecule is O=C(NCC1(C(=O)O)CCOCC1)C1CC(O)CN1. The van der Waals surface area contributed by atoms with Crippen LogP contribution in [0.25, 0.3) is 0 Å². The van der Waals surface area contributed by atoms with Crippen LogP contribution in [0.2, 0.25) is 0 Å². The summed E-state index contributed by atoms with van der Waals surface area (Å²) >= 11 is 0. The highest BCUT2D eigenvalue weighted by atomic mass is 16.5. The third kappa shape index (κ3) is 3.23. The normalized spacial score (nSPS) is 29.9. The second kappa shape index (κ2) is 5.85. The van der Waals surface area contributed by atoms with Crippen LogP contribution in [0.4, 0.5) is 0 Å². The molecule has 7 heteroatoms. The van der Waals surface area contributed by atoms with Gasteiger partial charge >= 0.3 is 5.97 Å². The minimum atomic E-state index is -0.925. The van der Waals surface area contributed by atoms with Crippen LogP contribution >= 0.6 is 0 Å². The number of aliphatic carboxylic acids is 1. The van der Waals surface area contributed by atoms with E-state index in [-0.39, 0.29) is 12.5 Å². The lowest BCUT2D eigenvalue weighted by Crippen LogP contribution is -2.50. The number of aliphatic hydroxyl groups excluding tert-OH is 1. The minimum absolute atomic E-state index is 0.110. The average molecular weight is 272 g/mol. The molecule has 2 aliphatic rings. The lowest BCUT2D eigenvalue weighted by Gasteiger charge is -2.33. The van der Waals surface area contributed by atoms with Crippen LogP contribution in [-0.4, -0.2) is 60.5 Å². The molecular formula is C12H20N2O5. The molecule has 0 radical (unpaired) electrons. The molecule has 0 saturated carbocycles. The van der Waals surface area contributed by atoms with Crippen molar-refractivity contribution in [2.45, 2.75) is 31.4 Å². The minimum Gasteiger partial charge on any atom is -0.481 e. The van der Waals surface area contributed by atoms with Crippen LogP contribution in [0.15, 0.2) is 0 Å². The summed E-state index contributed by atoms with van der Waals surface area (Å²) in [5, 5.41) is 24.3. The standard InChI is InChI=1S/C12H20N2O5/c15-8-5-9(13-6-8)10(16)14-7-12(11(17)18)1-3-19-4-2-12/h8-9,13,15H,1-7H2,(H,14,16)(H,17,18). The van der Waals surface area contributed by atoms with Crippen molar-refractivity contribution < 1.29 is 24.5 Å². The van der Waals surface area contributed by atoms with Gasteiger partial charge in [0.2, 0.25) is 5.91 Å². The Bertz CT molecular complexity index is 354. The Kier molecular flexibility index (Phi) is 4.38. The summed E-state index contributed by atoms with van der Waals surface area (Å²) < 4.78 is 5.17. The molecule has 108 valence electrons. The van der Waals surface area contributed by atoms with E-state index in [9.17, 15) is 19.8 Å². The van der Waals surface area contributed by atoms with Gasteiger partial charge in [0.25, 0.3) is 0 Å². The van der Waals surface area contributed by atoms with Crippen LogP contribution < -0.4 is 10.6 Å². The molecule has 0 spiro atoms. The van der Waals surface area contributed by atoms with E-state index in [0.29, 0.717) is 39.0 Å². The van der Waals surface area contributed by atoms with E-state index >= 15 is 0 Å². The first-order chi connectivity index (χ1) is 9.03. The number of carbonyl (C=O) groups excluding carboxylic acids is 1. The highest BCUT2D eigenvalue weighted by molar-refractivity contribution is 5.83. The van der Waals surface area contributed by atoms with Gasteiger partial charge in [-0.05, 0) is 19.3 Å². The van der Waals surface area contributed by atoms with Crippen LogP contribution in [0, 0.1) is 5.41 Å². The van der Waals surface area contributed by atoms with Gasteiger partial charge in [0.05, 0.1) is 17.6 Å². The van der Waals surface area contributed by atoms with Gasteiger partial charge in [-0.15, -0.1) is 0 Å². The second-order valence-corrected chi connectivity index (χ2v) is 5.27. The molecule has 2 heterocycles. The lowest BCUT2D eigenvalue weighted by atomic mass is 9.80. The highest BCUT2D eigenvalue weighted by Crippen LogP contribution is 2.30. The van der Waals surface area contributed by atoms with Gasteiger partial charge in [0.1, 0.15) is 0 Å². The molecule has 2 saturated heterocycles. The Hall–Kier alpha value is -1.18. The molecule has 0 aliphatic carbocycles. The third-order valence-electron chi connectivity index (χ3n) is 3.93. The molecule has 2 rings (SSSR count). The van der Waals surface area contributed by atoms with Crippen LogP contribution in [0.5, 0.6) is 0 Å². The summed E-state index contributed by atoms with van der Waals surface area (Å²) in [6, 6.07) is -0.430. The molecule has 2 fully saturated rings. The number of hydrogen-bond donors (Lipinski definition) is 4. The molecular weight excluding hydrogens is 252 g/mol. The summed E-state index contributed by atoms with van der Waals surface area (Å²) in [4.78, 5) is 23.3. The summed E-state index contributed by atoms with van der Waals surface area (Å²) in [5.74, 6) is -1.14. The number of hydrogen-bond acceptors (Lipinski definition) is 5. The first-order valence-corrected chi connectivity index (χ1v) is 6.54. The predicted octanol–water partition coefficient (Wildman–Crippen LogP) is -1.29. The number of aliphatic hydroxyl groups is 1. The molecule has 19 heavy (non-hydrogen) atoms. The average Bonchev–Trinajstić information content (AvgIpc) is 2.83. The number of ether oxygens (including phenoxy) is 1. The Morgan fingerprint density at radius 3 is 2.58 bits per heavy atom. The van der Waals surface area contributed by atoms with E-state index < -0.39 is 23.5 Å². The van der Waals surface area contributed by atoms with Crippen molar-refractivity contribution in [1.29, 1.82) is 0 Å². The zero-order chi connectivity index (χ0) is 13.9. The van der Waals surface area contributed by atoms with Crippen LogP contribution in [0.1, 0.15) is 19.3 Å². The predicted molar refractivity (Wildman–Crippen MR) is 65.5 cm³/mol. The smallest absolute Gasteiger partial charge is 0.311 e. The molecule has 7 nitrogen and oxygen atoms in total. The monoisotopic (exact) mass is 272 g/mol. The molecule has 2 unspecified atom stereocenters. The van der Waals surface area contributed by atoms with Crippen LogP contribution in [-0.2, 0) is 14.3 Å². The van der Waals surface area contributed by atoms with Gasteiger partial charge in [-0.25, -0.2) is 0 Å². The van der Waals surface area contributed by atoms with E-state index in [4.69, 9.17) is 4.74 Å². The number of carboxylic acids is 1. The molecule has 0 aromatic carbocycles. The Morgan fingerprint density at radius 1 is 1.37 bits per heavy atom. The van der Waals surface area contributed by atoms with E-state index in [0.717, 1.165) is 0 Å². The van der Waals surface area contributed by atoms with Crippen molar-refractivity contribution in [3.63, 3.8) is 0 Å². The van der Waals surface area contributed by atoms with E-state index in [1.54, 1.807) is 0 Å². The van der Waals surface area contributed by atoms with Crippen molar-refractivity contribution in [1.82, 2.24) is 10.6 Å². The molecule has 2 atom stereocenters. The molecule has 0 bridgehead atoms. The van der Waals surface area contributed by atoms with Gasteiger partial charge in [0.15, 0.2) is 0 Å². The zero-order valence-electron chi connectivity index (χ0n) is 10.7. The number of β-amino-alcohol motifs (C(OH)–C–C–N with tert-alkyl or cyclic N) is 1. The van der Waals surface area contributed by atoms with Gasteiger partial charge in [0, 0.05) is 26.3 Å². The van der Waals surface area contributed by atoms with Crippen molar-refractivity contribution in [2.75, 3.05) is 26.3 Å². The largest absolute Gasteiger partial charge is 0.481 e.